The Morgan fingerprint density at radius 1 is 1.08 bits per heavy atom. The minimum Gasteiger partial charge on any atom is -0.448 e. The van der Waals surface area contributed by atoms with E-state index in [1.54, 1.807) is 27.4 Å². The van der Waals surface area contributed by atoms with Crippen LogP contribution in [-0.4, -0.2) is 92.5 Å². The monoisotopic (exact) mass is 539 g/mol. The largest absolute Gasteiger partial charge is 0.448 e. The van der Waals surface area contributed by atoms with E-state index in [1.807, 2.05) is 0 Å². The Morgan fingerprint density at radius 3 is 2.64 bits per heavy atom. The Morgan fingerprint density at radius 2 is 1.86 bits per heavy atom. The predicted molar refractivity (Wildman–Crippen MR) is 132 cm³/mol. The molecule has 3 atom stereocenters. The number of hydrogen-bond acceptors (Lipinski definition) is 7. The van der Waals surface area contributed by atoms with Crippen molar-refractivity contribution in [3.63, 3.8) is 0 Å². The van der Waals surface area contributed by atoms with Gasteiger partial charge in [-0.15, -0.1) is 0 Å². The maximum atomic E-state index is 13.3. The fourth-order valence-corrected chi connectivity index (χ4v) is 8.94. The number of benzene rings is 1. The number of piperidine rings is 3. The van der Waals surface area contributed by atoms with Gasteiger partial charge in [0.1, 0.15) is 6.61 Å². The Kier molecular flexibility index (Phi) is 6.71. The summed E-state index contributed by atoms with van der Waals surface area (Å²) >= 11 is 6.17. The van der Waals surface area contributed by atoms with E-state index in [1.165, 1.54) is 0 Å². The SMILES string of the molecule is O=C(OC[C@H]1CCC[C@H]2c3cc(Cl)ccc3S(=O)(=O)N12)N1CCCC(N2CCC3(CC2)OCCO3)C1. The van der Waals surface area contributed by atoms with Gasteiger partial charge < -0.3 is 19.1 Å². The lowest BCUT2D eigenvalue weighted by molar-refractivity contribution is -0.188. The Hall–Kier alpha value is -1.43. The van der Waals surface area contributed by atoms with Crippen LogP contribution in [0.2, 0.25) is 5.02 Å². The molecule has 0 aromatic heterocycles. The zero-order valence-electron chi connectivity index (χ0n) is 20.4. The molecule has 5 aliphatic rings. The number of halogens is 1. The van der Waals surface area contributed by atoms with Crippen LogP contribution in [0.4, 0.5) is 4.79 Å². The average Bonchev–Trinajstić information content (AvgIpc) is 3.43. The average molecular weight is 540 g/mol. The molecule has 1 unspecified atom stereocenters. The number of rotatable bonds is 3. The number of carbonyl (C=O) groups excluding carboxylic acids is 1. The van der Waals surface area contributed by atoms with Crippen molar-refractivity contribution in [3.05, 3.63) is 28.8 Å². The van der Waals surface area contributed by atoms with Crippen molar-refractivity contribution in [2.75, 3.05) is 46.0 Å². The summed E-state index contributed by atoms with van der Waals surface area (Å²) in [5, 5.41) is 0.533. The molecule has 198 valence electrons. The third kappa shape index (κ3) is 4.43. The molecule has 0 bridgehead atoms. The third-order valence-electron chi connectivity index (χ3n) is 8.51. The second-order valence-electron chi connectivity index (χ2n) is 10.6. The normalized spacial score (nSPS) is 31.8. The van der Waals surface area contributed by atoms with Crippen LogP contribution in [0.25, 0.3) is 0 Å². The number of fused-ring (bicyclic) bond motifs is 3. The van der Waals surface area contributed by atoms with Gasteiger partial charge in [0, 0.05) is 50.1 Å². The lowest BCUT2D eigenvalue weighted by Gasteiger charge is -2.44. The standard InChI is InChI=1S/C25H34ClN3O6S/c26-18-6-7-23-21(15-18)22-5-1-3-20(29(22)36(23,31)32)17-33-24(30)28-10-2-4-19(16-28)27-11-8-25(9-12-27)34-13-14-35-25/h6-7,15,19-20,22H,1-5,8-14,16-17H2/t19?,20-,22+/m1/s1. The van der Waals surface area contributed by atoms with Gasteiger partial charge in [-0.2, -0.15) is 4.31 Å². The summed E-state index contributed by atoms with van der Waals surface area (Å²) in [5.74, 6) is -0.400. The highest BCUT2D eigenvalue weighted by atomic mass is 35.5. The topological polar surface area (TPSA) is 88.6 Å². The van der Waals surface area contributed by atoms with Crippen molar-refractivity contribution >= 4 is 27.7 Å². The first-order valence-corrected chi connectivity index (χ1v) is 14.9. The number of amides is 1. The molecule has 0 aliphatic carbocycles. The van der Waals surface area contributed by atoms with Crippen LogP contribution in [0.1, 0.15) is 56.6 Å². The van der Waals surface area contributed by atoms with Crippen LogP contribution in [0.5, 0.6) is 0 Å². The number of hydrogen-bond donors (Lipinski definition) is 0. The Bertz CT molecular complexity index is 1100. The van der Waals surface area contributed by atoms with Crippen molar-refractivity contribution in [1.82, 2.24) is 14.1 Å². The Labute approximate surface area is 217 Å². The molecule has 4 saturated heterocycles. The fourth-order valence-electron chi connectivity index (χ4n) is 6.69. The number of ether oxygens (including phenoxy) is 3. The van der Waals surface area contributed by atoms with Crippen molar-refractivity contribution in [2.45, 2.75) is 73.8 Å². The second kappa shape index (κ2) is 9.71. The summed E-state index contributed by atoms with van der Waals surface area (Å²) in [4.78, 5) is 17.6. The summed E-state index contributed by atoms with van der Waals surface area (Å²) < 4.78 is 45.6. The zero-order chi connectivity index (χ0) is 24.9. The highest BCUT2D eigenvalue weighted by Crippen LogP contribution is 2.47. The summed E-state index contributed by atoms with van der Waals surface area (Å²) in [7, 11) is -3.64. The number of carbonyl (C=O) groups is 1. The summed E-state index contributed by atoms with van der Waals surface area (Å²) in [6.45, 7) is 4.50. The van der Waals surface area contributed by atoms with Crippen LogP contribution < -0.4 is 0 Å². The van der Waals surface area contributed by atoms with Gasteiger partial charge in [0.25, 0.3) is 0 Å². The molecule has 1 spiro atoms. The lowest BCUT2D eigenvalue weighted by atomic mass is 9.94. The van der Waals surface area contributed by atoms with Gasteiger partial charge in [-0.25, -0.2) is 13.2 Å². The van der Waals surface area contributed by atoms with Gasteiger partial charge in [-0.1, -0.05) is 11.6 Å². The third-order valence-corrected chi connectivity index (χ3v) is 10.8. The van der Waals surface area contributed by atoms with Gasteiger partial charge in [-0.3, -0.25) is 4.90 Å². The second-order valence-corrected chi connectivity index (χ2v) is 12.8. The predicted octanol–water partition coefficient (Wildman–Crippen LogP) is 3.38. The molecule has 5 aliphatic heterocycles. The highest BCUT2D eigenvalue weighted by molar-refractivity contribution is 7.89. The molecule has 6 rings (SSSR count). The fraction of sp³-hybridized carbons (Fsp3) is 0.720. The highest BCUT2D eigenvalue weighted by Gasteiger charge is 2.48. The molecule has 0 N–H and O–H groups in total. The first-order chi connectivity index (χ1) is 17.4. The molecular formula is C25H34ClN3O6S. The zero-order valence-corrected chi connectivity index (χ0v) is 22.0. The molecule has 1 aromatic rings. The van der Waals surface area contributed by atoms with Crippen LogP contribution in [-0.2, 0) is 24.2 Å². The molecule has 0 saturated carbocycles. The molecule has 11 heteroatoms. The van der Waals surface area contributed by atoms with Crippen LogP contribution in [0.15, 0.2) is 23.1 Å². The van der Waals surface area contributed by atoms with E-state index < -0.39 is 15.8 Å². The number of sulfonamides is 1. The summed E-state index contributed by atoms with van der Waals surface area (Å²) in [6, 6.07) is 4.66. The lowest BCUT2D eigenvalue weighted by Crippen LogP contribution is -2.55. The molecule has 4 fully saturated rings. The van der Waals surface area contributed by atoms with Gasteiger partial charge in [0.15, 0.2) is 5.79 Å². The number of likely N-dealkylation sites (tertiary alicyclic amines) is 2. The van der Waals surface area contributed by atoms with E-state index >= 15 is 0 Å². The van der Waals surface area contributed by atoms with Gasteiger partial charge in [-0.05, 0) is 55.9 Å². The van der Waals surface area contributed by atoms with Crippen molar-refractivity contribution in [2.24, 2.45) is 0 Å². The first-order valence-electron chi connectivity index (χ1n) is 13.1. The van der Waals surface area contributed by atoms with Crippen LogP contribution in [0.3, 0.4) is 0 Å². The smallest absolute Gasteiger partial charge is 0.409 e. The summed E-state index contributed by atoms with van der Waals surface area (Å²) in [5.41, 5.74) is 0.758. The minimum absolute atomic E-state index is 0.0678. The minimum atomic E-state index is -3.64. The van der Waals surface area contributed by atoms with E-state index in [0.717, 1.165) is 57.2 Å². The van der Waals surface area contributed by atoms with Gasteiger partial charge >= 0.3 is 6.09 Å². The summed E-state index contributed by atoms with van der Waals surface area (Å²) in [6.07, 6.45) is 5.64. The van der Waals surface area contributed by atoms with Crippen LogP contribution in [0, 0.1) is 0 Å². The van der Waals surface area contributed by atoms with E-state index in [0.29, 0.717) is 48.7 Å². The molecule has 36 heavy (non-hydrogen) atoms. The van der Waals surface area contributed by atoms with Crippen molar-refractivity contribution < 1.29 is 27.4 Å². The molecule has 1 aromatic carbocycles. The van der Waals surface area contributed by atoms with Crippen LogP contribution >= 0.6 is 11.6 Å². The first kappa shape index (κ1) is 24.9. The molecule has 5 heterocycles. The molecular weight excluding hydrogens is 506 g/mol. The molecule has 9 nitrogen and oxygen atoms in total. The maximum Gasteiger partial charge on any atom is 0.409 e. The molecule has 1 amide bonds. The van der Waals surface area contributed by atoms with Crippen molar-refractivity contribution in [1.29, 1.82) is 0 Å². The van der Waals surface area contributed by atoms with Crippen molar-refractivity contribution in [3.8, 4) is 0 Å². The number of nitrogens with zero attached hydrogens (tertiary/aromatic N) is 3. The molecule has 0 radical (unpaired) electrons. The van der Waals surface area contributed by atoms with E-state index in [2.05, 4.69) is 4.90 Å². The van der Waals surface area contributed by atoms with E-state index in [4.69, 9.17) is 25.8 Å². The van der Waals surface area contributed by atoms with E-state index in [9.17, 15) is 13.2 Å². The Balaban J connectivity index is 1.06. The quantitative estimate of drug-likeness (QED) is 0.582. The van der Waals surface area contributed by atoms with Gasteiger partial charge in [0.05, 0.1) is 30.2 Å². The van der Waals surface area contributed by atoms with E-state index in [-0.39, 0.29) is 24.8 Å². The maximum absolute atomic E-state index is 13.3. The van der Waals surface area contributed by atoms with Gasteiger partial charge in [0.2, 0.25) is 10.0 Å².